The number of benzene rings is 1. The van der Waals surface area contributed by atoms with Crippen LogP contribution in [0.5, 0.6) is 0 Å². The second-order valence-corrected chi connectivity index (χ2v) is 7.03. The minimum atomic E-state index is -0.0808. The second kappa shape index (κ2) is 8.52. The monoisotopic (exact) mass is 372 g/mol. The Bertz CT molecular complexity index is 830. The maximum atomic E-state index is 12.7. The van der Waals surface area contributed by atoms with Crippen LogP contribution in [0.25, 0.3) is 0 Å². The van der Waals surface area contributed by atoms with Gasteiger partial charge in [0, 0.05) is 38.2 Å². The van der Waals surface area contributed by atoms with Crippen LogP contribution < -0.4 is 5.69 Å². The minimum absolute atomic E-state index is 0.0759. The predicted molar refractivity (Wildman–Crippen MR) is 103 cm³/mol. The fraction of sp³-hybridized carbons (Fsp3) is 0.550. The summed E-state index contributed by atoms with van der Waals surface area (Å²) in [4.78, 5) is 27.1. The number of amides is 1. The lowest BCUT2D eigenvalue weighted by molar-refractivity contribution is 0.0710. The van der Waals surface area contributed by atoms with Crippen molar-refractivity contribution in [2.24, 2.45) is 0 Å². The Hall–Kier alpha value is -2.41. The van der Waals surface area contributed by atoms with Gasteiger partial charge in [-0.05, 0) is 38.8 Å². The highest BCUT2D eigenvalue weighted by atomic mass is 16.5. The van der Waals surface area contributed by atoms with E-state index in [2.05, 4.69) is 5.10 Å². The number of hydrogen-bond acceptors (Lipinski definition) is 4. The molecule has 1 aliphatic rings. The van der Waals surface area contributed by atoms with Crippen molar-refractivity contribution in [1.82, 2.24) is 19.2 Å². The van der Waals surface area contributed by atoms with Crippen LogP contribution in [0, 0.1) is 6.92 Å². The highest BCUT2D eigenvalue weighted by Gasteiger charge is 2.28. The van der Waals surface area contributed by atoms with E-state index in [4.69, 9.17) is 4.74 Å². The van der Waals surface area contributed by atoms with E-state index in [9.17, 15) is 9.59 Å². The van der Waals surface area contributed by atoms with Crippen molar-refractivity contribution < 1.29 is 9.53 Å². The first-order valence-corrected chi connectivity index (χ1v) is 9.57. The quantitative estimate of drug-likeness (QED) is 0.778. The average Bonchev–Trinajstić information content (AvgIpc) is 3.02. The van der Waals surface area contributed by atoms with Crippen molar-refractivity contribution in [2.75, 3.05) is 26.8 Å². The number of aromatic nitrogens is 3. The fourth-order valence-electron chi connectivity index (χ4n) is 3.60. The van der Waals surface area contributed by atoms with E-state index in [1.54, 1.807) is 11.7 Å². The van der Waals surface area contributed by atoms with E-state index in [1.807, 2.05) is 43.0 Å². The summed E-state index contributed by atoms with van der Waals surface area (Å²) in [7, 11) is 1.61. The molecule has 0 saturated carbocycles. The second-order valence-electron chi connectivity index (χ2n) is 7.03. The van der Waals surface area contributed by atoms with Crippen molar-refractivity contribution >= 4 is 5.91 Å². The molecule has 1 amide bonds. The molecule has 7 nitrogen and oxygen atoms in total. The van der Waals surface area contributed by atoms with Crippen molar-refractivity contribution in [3.63, 3.8) is 0 Å². The minimum Gasteiger partial charge on any atom is -0.383 e. The molecule has 1 aromatic heterocycles. The van der Waals surface area contributed by atoms with Crippen LogP contribution in [-0.2, 0) is 17.8 Å². The van der Waals surface area contributed by atoms with E-state index in [0.717, 1.165) is 29.8 Å². The summed E-state index contributed by atoms with van der Waals surface area (Å²) in [5.74, 6) is 1.11. The number of rotatable bonds is 6. The Labute approximate surface area is 159 Å². The largest absolute Gasteiger partial charge is 0.383 e. The molecule has 2 aromatic rings. The molecule has 0 N–H and O–H groups in total. The standard InChI is InChI=1S/C20H28N4O3/c1-4-23-18(21-24(20(23)26)13-14-27-3)16-9-11-22(12-10-16)19(25)17-7-5-15(2)6-8-17/h5-8,16H,4,9-14H2,1-3H3. The number of piperidine rings is 1. The number of ether oxygens (including phenoxy) is 1. The zero-order chi connectivity index (χ0) is 19.4. The van der Waals surface area contributed by atoms with Gasteiger partial charge in [-0.25, -0.2) is 9.48 Å². The molecule has 0 unspecified atom stereocenters. The summed E-state index contributed by atoms with van der Waals surface area (Å²) in [5.41, 5.74) is 1.79. The van der Waals surface area contributed by atoms with Crippen LogP contribution in [0.3, 0.4) is 0 Å². The average molecular weight is 372 g/mol. The lowest BCUT2D eigenvalue weighted by Crippen LogP contribution is -2.38. The van der Waals surface area contributed by atoms with Crippen LogP contribution in [-0.4, -0.2) is 52.0 Å². The normalized spacial score (nSPS) is 15.3. The van der Waals surface area contributed by atoms with E-state index >= 15 is 0 Å². The molecule has 2 heterocycles. The summed E-state index contributed by atoms with van der Waals surface area (Å²) >= 11 is 0. The molecular formula is C20H28N4O3. The number of aryl methyl sites for hydroxylation is 1. The number of hydrogen-bond donors (Lipinski definition) is 0. The molecule has 3 rings (SSSR count). The number of nitrogens with zero attached hydrogens (tertiary/aromatic N) is 4. The number of carbonyl (C=O) groups excluding carboxylic acids is 1. The van der Waals surface area contributed by atoms with Gasteiger partial charge in [-0.1, -0.05) is 17.7 Å². The zero-order valence-electron chi connectivity index (χ0n) is 16.4. The van der Waals surface area contributed by atoms with Gasteiger partial charge in [0.05, 0.1) is 13.2 Å². The molecule has 0 radical (unpaired) electrons. The Morgan fingerprint density at radius 2 is 1.89 bits per heavy atom. The van der Waals surface area contributed by atoms with Gasteiger partial charge < -0.3 is 9.64 Å². The summed E-state index contributed by atoms with van der Waals surface area (Å²) in [6.07, 6.45) is 1.64. The lowest BCUT2D eigenvalue weighted by Gasteiger charge is -2.31. The Balaban J connectivity index is 1.69. The third kappa shape index (κ3) is 4.13. The highest BCUT2D eigenvalue weighted by molar-refractivity contribution is 5.94. The van der Waals surface area contributed by atoms with Crippen LogP contribution in [0.15, 0.2) is 29.1 Å². The molecule has 0 bridgehead atoms. The van der Waals surface area contributed by atoms with Gasteiger partial charge in [-0.3, -0.25) is 9.36 Å². The molecule has 1 aliphatic heterocycles. The number of carbonyl (C=O) groups is 1. The van der Waals surface area contributed by atoms with E-state index in [1.165, 1.54) is 4.68 Å². The summed E-state index contributed by atoms with van der Waals surface area (Å²) in [5, 5.41) is 4.56. The predicted octanol–water partition coefficient (Wildman–Crippen LogP) is 2.04. The first-order valence-electron chi connectivity index (χ1n) is 9.57. The van der Waals surface area contributed by atoms with Gasteiger partial charge in [0.25, 0.3) is 5.91 Å². The molecule has 0 atom stereocenters. The molecule has 0 spiro atoms. The topological polar surface area (TPSA) is 69.4 Å². The van der Waals surface area contributed by atoms with E-state index in [0.29, 0.717) is 32.8 Å². The van der Waals surface area contributed by atoms with Crippen LogP contribution in [0.4, 0.5) is 0 Å². The summed E-state index contributed by atoms with van der Waals surface area (Å²) in [6.45, 7) is 6.86. The summed E-state index contributed by atoms with van der Waals surface area (Å²) < 4.78 is 8.31. The van der Waals surface area contributed by atoms with Gasteiger partial charge in [0.15, 0.2) is 0 Å². The van der Waals surface area contributed by atoms with Crippen LogP contribution >= 0.6 is 0 Å². The number of methoxy groups -OCH3 is 1. The molecule has 7 heteroatoms. The van der Waals surface area contributed by atoms with Gasteiger partial charge in [0.2, 0.25) is 0 Å². The van der Waals surface area contributed by atoms with Gasteiger partial charge in [0.1, 0.15) is 5.82 Å². The molecule has 146 valence electrons. The molecule has 1 saturated heterocycles. The molecule has 1 aromatic carbocycles. The molecular weight excluding hydrogens is 344 g/mol. The van der Waals surface area contributed by atoms with E-state index < -0.39 is 0 Å². The first-order chi connectivity index (χ1) is 13.0. The van der Waals surface area contributed by atoms with Crippen molar-refractivity contribution in [3.8, 4) is 0 Å². The lowest BCUT2D eigenvalue weighted by atomic mass is 9.95. The van der Waals surface area contributed by atoms with Crippen LogP contribution in [0.2, 0.25) is 0 Å². The molecule has 1 fully saturated rings. The van der Waals surface area contributed by atoms with Crippen molar-refractivity contribution in [2.45, 2.75) is 45.7 Å². The fourth-order valence-corrected chi connectivity index (χ4v) is 3.60. The zero-order valence-corrected chi connectivity index (χ0v) is 16.4. The third-order valence-electron chi connectivity index (χ3n) is 5.22. The van der Waals surface area contributed by atoms with Gasteiger partial charge >= 0.3 is 5.69 Å². The van der Waals surface area contributed by atoms with Crippen molar-refractivity contribution in [1.29, 1.82) is 0 Å². The maximum absolute atomic E-state index is 12.7. The molecule has 0 aliphatic carbocycles. The van der Waals surface area contributed by atoms with Crippen LogP contribution in [0.1, 0.15) is 47.4 Å². The first kappa shape index (κ1) is 19.4. The third-order valence-corrected chi connectivity index (χ3v) is 5.22. The maximum Gasteiger partial charge on any atom is 0.345 e. The Morgan fingerprint density at radius 1 is 1.22 bits per heavy atom. The van der Waals surface area contributed by atoms with Crippen molar-refractivity contribution in [3.05, 3.63) is 51.7 Å². The van der Waals surface area contributed by atoms with Gasteiger partial charge in [-0.2, -0.15) is 5.10 Å². The Morgan fingerprint density at radius 3 is 2.48 bits per heavy atom. The summed E-state index contributed by atoms with van der Waals surface area (Å²) in [6, 6.07) is 7.70. The Kier molecular flexibility index (Phi) is 6.11. The highest BCUT2D eigenvalue weighted by Crippen LogP contribution is 2.27. The van der Waals surface area contributed by atoms with Gasteiger partial charge in [-0.15, -0.1) is 0 Å². The SMILES string of the molecule is CCn1c(C2CCN(C(=O)c3ccc(C)cc3)CC2)nn(CCOC)c1=O. The smallest absolute Gasteiger partial charge is 0.345 e. The van der Waals surface area contributed by atoms with E-state index in [-0.39, 0.29) is 17.5 Å². The molecule has 27 heavy (non-hydrogen) atoms. The number of likely N-dealkylation sites (tertiary alicyclic amines) is 1.